The molecule has 1 atom stereocenters. The zero-order chi connectivity index (χ0) is 15.8. The molecule has 0 heterocycles. The Hall–Kier alpha value is -0.0405. The summed E-state index contributed by atoms with van der Waals surface area (Å²) in [5.41, 5.74) is 2.95. The minimum atomic E-state index is 0.514. The number of nitrogens with zero attached hydrogens (tertiary/aromatic N) is 1. The van der Waals surface area contributed by atoms with Gasteiger partial charge < -0.3 is 0 Å². The fourth-order valence-electron chi connectivity index (χ4n) is 2.14. The SMILES string of the molecule is CC(C)=CCC/C(C)=C/C[Se][C]1[CH][CH][CH][C]1[C@H](C)N(C)C. The Morgan fingerprint density at radius 1 is 1.19 bits per heavy atom. The van der Waals surface area contributed by atoms with Crippen molar-refractivity contribution in [2.45, 2.75) is 51.9 Å². The van der Waals surface area contributed by atoms with Crippen LogP contribution in [0.15, 0.2) is 23.3 Å². The van der Waals surface area contributed by atoms with Crippen LogP contribution in [0.25, 0.3) is 0 Å². The van der Waals surface area contributed by atoms with Crippen molar-refractivity contribution in [2.24, 2.45) is 0 Å². The number of allylic oxidation sites excluding steroid dienone is 4. The van der Waals surface area contributed by atoms with E-state index in [9.17, 15) is 0 Å². The monoisotopic (exact) mass is 352 g/mol. The third-order valence-corrected chi connectivity index (χ3v) is 5.93. The van der Waals surface area contributed by atoms with E-state index >= 15 is 0 Å². The summed E-state index contributed by atoms with van der Waals surface area (Å²) in [6, 6.07) is 0.514. The van der Waals surface area contributed by atoms with Gasteiger partial charge in [-0.2, -0.15) is 0 Å². The summed E-state index contributed by atoms with van der Waals surface area (Å²) >= 11 is 0.556. The van der Waals surface area contributed by atoms with Gasteiger partial charge >= 0.3 is 139 Å². The van der Waals surface area contributed by atoms with E-state index in [0.717, 1.165) is 0 Å². The van der Waals surface area contributed by atoms with Gasteiger partial charge in [-0.25, -0.2) is 0 Å². The Balaban J connectivity index is 2.35. The molecule has 0 aliphatic heterocycles. The van der Waals surface area contributed by atoms with Crippen molar-refractivity contribution in [1.82, 2.24) is 4.90 Å². The van der Waals surface area contributed by atoms with Crippen molar-refractivity contribution >= 4 is 15.0 Å². The Morgan fingerprint density at radius 2 is 1.90 bits per heavy atom. The molecular formula is C19H30NSe. The quantitative estimate of drug-likeness (QED) is 0.460. The van der Waals surface area contributed by atoms with E-state index in [1.54, 1.807) is 4.82 Å². The fraction of sp³-hybridized carbons (Fsp3) is 0.526. The van der Waals surface area contributed by atoms with E-state index in [2.05, 4.69) is 78.1 Å². The molecule has 21 heavy (non-hydrogen) atoms. The molecule has 1 fully saturated rings. The molecule has 1 rings (SSSR count). The summed E-state index contributed by atoms with van der Waals surface area (Å²) in [6.45, 7) is 8.90. The van der Waals surface area contributed by atoms with Gasteiger partial charge in [0.15, 0.2) is 0 Å². The van der Waals surface area contributed by atoms with Crippen molar-refractivity contribution < 1.29 is 0 Å². The average Bonchev–Trinajstić information content (AvgIpc) is 2.85. The molecule has 1 nitrogen and oxygen atoms in total. The van der Waals surface area contributed by atoms with Crippen molar-refractivity contribution in [3.63, 3.8) is 0 Å². The molecule has 117 valence electrons. The summed E-state index contributed by atoms with van der Waals surface area (Å²) < 4.78 is 0. The number of hydrogen-bond acceptors (Lipinski definition) is 1. The van der Waals surface area contributed by atoms with Crippen LogP contribution in [0.2, 0.25) is 5.32 Å². The fourth-order valence-corrected chi connectivity index (χ4v) is 4.50. The molecule has 0 aromatic carbocycles. The molecule has 5 radical (unpaired) electrons. The van der Waals surface area contributed by atoms with Crippen LogP contribution in [-0.2, 0) is 0 Å². The van der Waals surface area contributed by atoms with Gasteiger partial charge in [-0.1, -0.05) is 0 Å². The van der Waals surface area contributed by atoms with Crippen LogP contribution in [0.1, 0.15) is 40.5 Å². The van der Waals surface area contributed by atoms with Crippen molar-refractivity contribution in [2.75, 3.05) is 14.1 Å². The van der Waals surface area contributed by atoms with Crippen LogP contribution in [-0.4, -0.2) is 40.0 Å². The summed E-state index contributed by atoms with van der Waals surface area (Å²) in [5.74, 6) is 1.51. The first-order valence-electron chi connectivity index (χ1n) is 7.75. The van der Waals surface area contributed by atoms with Gasteiger partial charge in [0.05, 0.1) is 0 Å². The van der Waals surface area contributed by atoms with Gasteiger partial charge in [0.25, 0.3) is 0 Å². The third kappa shape index (κ3) is 7.17. The Kier molecular flexibility index (Phi) is 8.93. The molecule has 2 heteroatoms. The molecule has 1 aliphatic carbocycles. The van der Waals surface area contributed by atoms with Crippen LogP contribution in [0.5, 0.6) is 0 Å². The van der Waals surface area contributed by atoms with Crippen molar-refractivity contribution in [3.8, 4) is 0 Å². The molecule has 0 aromatic rings. The zero-order valence-corrected chi connectivity index (χ0v) is 16.2. The number of hydrogen-bond donors (Lipinski definition) is 0. The molecule has 1 aliphatic rings. The van der Waals surface area contributed by atoms with E-state index in [1.807, 2.05) is 0 Å². The van der Waals surface area contributed by atoms with Crippen LogP contribution in [0.4, 0.5) is 0 Å². The molecule has 0 unspecified atom stereocenters. The van der Waals surface area contributed by atoms with Gasteiger partial charge in [0, 0.05) is 0 Å². The van der Waals surface area contributed by atoms with E-state index < -0.39 is 0 Å². The first-order valence-corrected chi connectivity index (χ1v) is 9.82. The summed E-state index contributed by atoms with van der Waals surface area (Å²) in [5, 5.41) is 1.21. The predicted octanol–water partition coefficient (Wildman–Crippen LogP) is 4.48. The summed E-state index contributed by atoms with van der Waals surface area (Å²) in [6.07, 6.45) is 13.9. The molecule has 0 spiro atoms. The average molecular weight is 351 g/mol. The molecule has 0 saturated heterocycles. The Bertz CT molecular complexity index is 353. The molecule has 0 N–H and O–H groups in total. The Morgan fingerprint density at radius 3 is 2.52 bits per heavy atom. The normalized spacial score (nSPS) is 19.3. The van der Waals surface area contributed by atoms with E-state index in [4.69, 9.17) is 0 Å². The minimum absolute atomic E-state index is 0.514. The molecule has 0 aromatic heterocycles. The van der Waals surface area contributed by atoms with Gasteiger partial charge in [0.1, 0.15) is 0 Å². The predicted molar refractivity (Wildman–Crippen MR) is 95.5 cm³/mol. The molecular weight excluding hydrogens is 321 g/mol. The second-order valence-corrected chi connectivity index (χ2v) is 8.39. The molecule has 1 saturated carbocycles. The van der Waals surface area contributed by atoms with E-state index in [1.165, 1.54) is 35.2 Å². The number of rotatable bonds is 8. The van der Waals surface area contributed by atoms with Gasteiger partial charge in [-0.05, 0) is 0 Å². The first-order chi connectivity index (χ1) is 9.91. The van der Waals surface area contributed by atoms with Crippen molar-refractivity contribution in [3.05, 3.63) is 53.3 Å². The van der Waals surface area contributed by atoms with E-state index in [-0.39, 0.29) is 0 Å². The van der Waals surface area contributed by atoms with Crippen LogP contribution < -0.4 is 0 Å². The Labute approximate surface area is 139 Å². The standard InChI is InChI=1S/C19H30NSe/c1-15(2)9-7-10-16(3)13-14-21-19-12-8-11-18(19)17(4)20(5)6/h8-9,11-13,17H,7,10,14H2,1-6H3/b16-13+/t17-/m0/s1. The van der Waals surface area contributed by atoms with Crippen molar-refractivity contribution in [1.29, 1.82) is 0 Å². The van der Waals surface area contributed by atoms with Crippen LogP contribution in [0.3, 0.4) is 0 Å². The zero-order valence-electron chi connectivity index (χ0n) is 14.4. The molecule has 0 bridgehead atoms. The summed E-state index contributed by atoms with van der Waals surface area (Å²) in [4.78, 5) is 3.85. The second kappa shape index (κ2) is 9.87. The second-order valence-electron chi connectivity index (χ2n) is 6.17. The van der Waals surface area contributed by atoms with Gasteiger partial charge in [-0.3, -0.25) is 0 Å². The third-order valence-electron chi connectivity index (χ3n) is 3.79. The van der Waals surface area contributed by atoms with Gasteiger partial charge in [0.2, 0.25) is 0 Å². The van der Waals surface area contributed by atoms with Crippen LogP contribution >= 0.6 is 0 Å². The van der Waals surface area contributed by atoms with E-state index in [0.29, 0.717) is 21.0 Å². The maximum atomic E-state index is 2.44. The summed E-state index contributed by atoms with van der Waals surface area (Å²) in [7, 11) is 4.31. The van der Waals surface area contributed by atoms with Gasteiger partial charge in [-0.15, -0.1) is 0 Å². The molecule has 0 amide bonds. The maximum absolute atomic E-state index is 2.44. The van der Waals surface area contributed by atoms with Crippen LogP contribution in [0, 0.1) is 30.0 Å². The topological polar surface area (TPSA) is 3.24 Å². The first kappa shape index (κ1) is 19.0.